The summed E-state index contributed by atoms with van der Waals surface area (Å²) in [6.07, 6.45) is -0.0605. The van der Waals surface area contributed by atoms with Gasteiger partial charge in [-0.3, -0.25) is 9.59 Å². The Labute approximate surface area is 156 Å². The van der Waals surface area contributed by atoms with Crippen molar-refractivity contribution >= 4 is 22.5 Å². The number of para-hydroxylation sites is 2. The van der Waals surface area contributed by atoms with Crippen LogP contribution in [0.25, 0.3) is 10.9 Å². The fourth-order valence-electron chi connectivity index (χ4n) is 3.38. The van der Waals surface area contributed by atoms with Gasteiger partial charge in [0, 0.05) is 16.6 Å². The Hall–Kier alpha value is -3.28. The average Bonchev–Trinajstić information content (AvgIpc) is 2.67. The van der Waals surface area contributed by atoms with Crippen LogP contribution in [-0.2, 0) is 11.2 Å². The first-order valence-electron chi connectivity index (χ1n) is 8.91. The molecule has 1 aliphatic heterocycles. The summed E-state index contributed by atoms with van der Waals surface area (Å²) >= 11 is 0. The van der Waals surface area contributed by atoms with Crippen molar-refractivity contribution in [3.63, 3.8) is 0 Å². The molecule has 1 unspecified atom stereocenters. The third-order valence-corrected chi connectivity index (χ3v) is 4.82. The normalized spacial score (nSPS) is 15.6. The predicted molar refractivity (Wildman–Crippen MR) is 104 cm³/mol. The summed E-state index contributed by atoms with van der Waals surface area (Å²) < 4.78 is 11.3. The quantitative estimate of drug-likeness (QED) is 0.748. The van der Waals surface area contributed by atoms with Crippen molar-refractivity contribution in [2.45, 2.75) is 26.4 Å². The van der Waals surface area contributed by atoms with E-state index in [1.54, 1.807) is 18.2 Å². The van der Waals surface area contributed by atoms with E-state index in [9.17, 15) is 9.59 Å². The molecule has 0 radical (unpaired) electrons. The van der Waals surface area contributed by atoms with Gasteiger partial charge in [0.2, 0.25) is 6.10 Å². The Morgan fingerprint density at radius 2 is 2.00 bits per heavy atom. The number of rotatable bonds is 3. The molecule has 2 aromatic carbocycles. The van der Waals surface area contributed by atoms with E-state index in [-0.39, 0.29) is 18.1 Å². The lowest BCUT2D eigenvalue weighted by Crippen LogP contribution is -2.40. The lowest BCUT2D eigenvalue weighted by molar-refractivity contribution is -0.125. The van der Waals surface area contributed by atoms with Crippen molar-refractivity contribution in [2.75, 3.05) is 11.9 Å². The average molecular weight is 364 g/mol. The summed E-state index contributed by atoms with van der Waals surface area (Å²) in [5.74, 6) is 0.884. The number of benzene rings is 2. The summed E-state index contributed by atoms with van der Waals surface area (Å²) in [5.41, 5.74) is 2.94. The molecule has 0 aliphatic carbocycles. The Balaban J connectivity index is 1.57. The highest BCUT2D eigenvalue weighted by Crippen LogP contribution is 2.31. The highest BCUT2D eigenvalue weighted by Gasteiger charge is 2.27. The predicted octanol–water partition coefficient (Wildman–Crippen LogP) is 3.18. The van der Waals surface area contributed by atoms with Crippen LogP contribution in [0.1, 0.15) is 18.1 Å². The van der Waals surface area contributed by atoms with E-state index >= 15 is 0 Å². The van der Waals surface area contributed by atoms with E-state index in [2.05, 4.69) is 10.3 Å². The van der Waals surface area contributed by atoms with Crippen LogP contribution in [0.4, 0.5) is 5.69 Å². The molecule has 1 atom stereocenters. The van der Waals surface area contributed by atoms with Gasteiger partial charge in [-0.05, 0) is 43.2 Å². The molecule has 0 saturated heterocycles. The Morgan fingerprint density at radius 1 is 1.22 bits per heavy atom. The molecule has 0 spiro atoms. The first-order valence-corrected chi connectivity index (χ1v) is 8.91. The van der Waals surface area contributed by atoms with Crippen molar-refractivity contribution in [1.82, 2.24) is 4.98 Å². The van der Waals surface area contributed by atoms with E-state index < -0.39 is 6.10 Å². The largest absolute Gasteiger partial charge is 0.485 e. The lowest BCUT2D eigenvalue weighted by Gasteiger charge is -2.25. The summed E-state index contributed by atoms with van der Waals surface area (Å²) in [5, 5.41) is 3.80. The van der Waals surface area contributed by atoms with Gasteiger partial charge in [0.1, 0.15) is 6.61 Å². The Kier molecular flexibility index (Phi) is 4.32. The first-order chi connectivity index (χ1) is 13.1. The van der Waals surface area contributed by atoms with E-state index in [0.717, 1.165) is 16.5 Å². The number of carbonyl (C=O) groups excluding carboxylic acids is 1. The maximum absolute atomic E-state index is 12.6. The molecule has 27 heavy (non-hydrogen) atoms. The minimum atomic E-state index is -0.737. The molecule has 1 aliphatic rings. The molecular weight excluding hydrogens is 344 g/mol. The standard InChI is InChI=1S/C21H20N2O4/c1-3-14-12(2)15-9-8-13(10-16(15)23-20(14)24)22-21(25)19-11-26-17-6-4-5-7-18(17)27-19/h4-10,19H,3,11H2,1-2H3,(H,22,25)(H,23,24). The number of fused-ring (bicyclic) bond motifs is 2. The Bertz CT molecular complexity index is 1090. The van der Waals surface area contributed by atoms with Gasteiger partial charge in [-0.25, -0.2) is 0 Å². The third-order valence-electron chi connectivity index (χ3n) is 4.82. The van der Waals surface area contributed by atoms with Gasteiger partial charge >= 0.3 is 0 Å². The van der Waals surface area contributed by atoms with Crippen LogP contribution in [0.5, 0.6) is 11.5 Å². The zero-order valence-corrected chi connectivity index (χ0v) is 15.2. The maximum Gasteiger partial charge on any atom is 0.269 e. The Morgan fingerprint density at radius 3 is 2.78 bits per heavy atom. The topological polar surface area (TPSA) is 80.4 Å². The van der Waals surface area contributed by atoms with Crippen LogP contribution in [0, 0.1) is 6.92 Å². The number of hydrogen-bond donors (Lipinski definition) is 2. The number of ether oxygens (including phenoxy) is 2. The monoisotopic (exact) mass is 364 g/mol. The third kappa shape index (κ3) is 3.14. The molecular formula is C21H20N2O4. The molecule has 0 saturated carbocycles. The van der Waals surface area contributed by atoms with E-state index in [0.29, 0.717) is 29.1 Å². The molecule has 4 rings (SSSR count). The number of aromatic amines is 1. The highest BCUT2D eigenvalue weighted by molar-refractivity contribution is 5.97. The number of aryl methyl sites for hydroxylation is 1. The molecule has 2 N–H and O–H groups in total. The molecule has 0 bridgehead atoms. The number of hydrogen-bond acceptors (Lipinski definition) is 4. The van der Waals surface area contributed by atoms with Gasteiger partial charge in [0.05, 0.1) is 5.52 Å². The first kappa shape index (κ1) is 17.1. The summed E-state index contributed by atoms with van der Waals surface area (Å²) in [7, 11) is 0. The van der Waals surface area contributed by atoms with E-state index in [1.165, 1.54) is 0 Å². The molecule has 0 fully saturated rings. The van der Waals surface area contributed by atoms with Crippen molar-refractivity contribution in [2.24, 2.45) is 0 Å². The van der Waals surface area contributed by atoms with Crippen molar-refractivity contribution < 1.29 is 14.3 Å². The second kappa shape index (κ2) is 6.79. The molecule has 1 aromatic heterocycles. The van der Waals surface area contributed by atoms with Gasteiger partial charge < -0.3 is 19.8 Å². The lowest BCUT2D eigenvalue weighted by atomic mass is 10.0. The van der Waals surface area contributed by atoms with Gasteiger partial charge in [0.25, 0.3) is 11.5 Å². The van der Waals surface area contributed by atoms with Gasteiger partial charge in [-0.15, -0.1) is 0 Å². The van der Waals surface area contributed by atoms with Crippen LogP contribution >= 0.6 is 0 Å². The van der Waals surface area contributed by atoms with Crippen molar-refractivity contribution in [3.05, 3.63) is 63.9 Å². The fourth-order valence-corrected chi connectivity index (χ4v) is 3.38. The maximum atomic E-state index is 12.6. The number of nitrogens with one attached hydrogen (secondary N) is 2. The van der Waals surface area contributed by atoms with Crippen molar-refractivity contribution in [1.29, 1.82) is 0 Å². The van der Waals surface area contributed by atoms with Crippen LogP contribution in [0.2, 0.25) is 0 Å². The minimum absolute atomic E-state index is 0.0911. The highest BCUT2D eigenvalue weighted by atomic mass is 16.6. The zero-order chi connectivity index (χ0) is 19.0. The number of aromatic nitrogens is 1. The number of carbonyl (C=O) groups is 1. The summed E-state index contributed by atoms with van der Waals surface area (Å²) in [4.78, 5) is 27.7. The van der Waals surface area contributed by atoms with Gasteiger partial charge in [-0.1, -0.05) is 25.1 Å². The second-order valence-electron chi connectivity index (χ2n) is 6.53. The molecule has 6 nitrogen and oxygen atoms in total. The van der Waals surface area contributed by atoms with Gasteiger partial charge in [-0.2, -0.15) is 0 Å². The summed E-state index contributed by atoms with van der Waals surface area (Å²) in [6, 6.07) is 12.7. The van der Waals surface area contributed by atoms with Crippen molar-refractivity contribution in [3.8, 4) is 11.5 Å². The molecule has 138 valence electrons. The summed E-state index contributed by atoms with van der Waals surface area (Å²) in [6.45, 7) is 4.05. The molecule has 2 heterocycles. The number of anilines is 1. The van der Waals surface area contributed by atoms with Crippen LogP contribution in [0.15, 0.2) is 47.3 Å². The minimum Gasteiger partial charge on any atom is -0.485 e. The van der Waals surface area contributed by atoms with E-state index in [1.807, 2.05) is 38.1 Å². The molecule has 6 heteroatoms. The second-order valence-corrected chi connectivity index (χ2v) is 6.53. The van der Waals surface area contributed by atoms with Crippen LogP contribution < -0.4 is 20.3 Å². The number of pyridine rings is 1. The number of H-pyrrole nitrogens is 1. The van der Waals surface area contributed by atoms with E-state index in [4.69, 9.17) is 9.47 Å². The van der Waals surface area contributed by atoms with Gasteiger partial charge in [0.15, 0.2) is 11.5 Å². The van der Waals surface area contributed by atoms with Crippen LogP contribution in [0.3, 0.4) is 0 Å². The SMILES string of the molecule is CCc1c(C)c2ccc(NC(=O)C3COc4ccccc4O3)cc2[nH]c1=O. The smallest absolute Gasteiger partial charge is 0.269 e. The number of amides is 1. The molecule has 1 amide bonds. The fraction of sp³-hybridized carbons (Fsp3) is 0.238. The molecule has 3 aromatic rings. The zero-order valence-electron chi connectivity index (χ0n) is 15.2. The van der Waals surface area contributed by atoms with Crippen LogP contribution in [-0.4, -0.2) is 23.6 Å².